The Balaban J connectivity index is 2.10. The summed E-state index contributed by atoms with van der Waals surface area (Å²) in [5.74, 6) is 3.67. The van der Waals surface area contributed by atoms with Crippen LogP contribution in [0.5, 0.6) is 0 Å². The summed E-state index contributed by atoms with van der Waals surface area (Å²) in [6.45, 7) is 7.03. The standard InChI is InChI=1S/C18H29NS/c1-5-20-17-8-6-15(7-9-17)18(19-4)16-11-13(2)10-14(3)12-16/h6-9,13-14,16,18-19H,5,10-12H2,1-4H3. The number of thioether (sulfide) groups is 1. The Hall–Kier alpha value is -0.470. The zero-order valence-corrected chi connectivity index (χ0v) is 14.2. The fraction of sp³-hybridized carbons (Fsp3) is 0.667. The molecule has 1 N–H and O–H groups in total. The van der Waals surface area contributed by atoms with Crippen LogP contribution in [0.2, 0.25) is 0 Å². The first-order valence-corrected chi connectivity index (χ1v) is 9.02. The van der Waals surface area contributed by atoms with Gasteiger partial charge in [0, 0.05) is 10.9 Å². The van der Waals surface area contributed by atoms with E-state index in [0.29, 0.717) is 6.04 Å². The number of hydrogen-bond donors (Lipinski definition) is 1. The van der Waals surface area contributed by atoms with Gasteiger partial charge in [0.25, 0.3) is 0 Å². The predicted molar refractivity (Wildman–Crippen MR) is 90.3 cm³/mol. The minimum absolute atomic E-state index is 0.515. The monoisotopic (exact) mass is 291 g/mol. The lowest BCUT2D eigenvalue weighted by atomic mass is 9.72. The second-order valence-corrected chi connectivity index (χ2v) is 7.78. The fourth-order valence-electron chi connectivity index (χ4n) is 3.89. The van der Waals surface area contributed by atoms with Gasteiger partial charge in [-0.1, -0.05) is 32.9 Å². The van der Waals surface area contributed by atoms with E-state index in [1.807, 2.05) is 11.8 Å². The molecule has 0 heterocycles. The summed E-state index contributed by atoms with van der Waals surface area (Å²) in [6, 6.07) is 9.72. The molecule has 1 aliphatic carbocycles. The molecule has 1 fully saturated rings. The zero-order chi connectivity index (χ0) is 14.5. The van der Waals surface area contributed by atoms with Gasteiger partial charge >= 0.3 is 0 Å². The molecular weight excluding hydrogens is 262 g/mol. The molecule has 0 amide bonds. The molecule has 112 valence electrons. The van der Waals surface area contributed by atoms with E-state index in [-0.39, 0.29) is 0 Å². The van der Waals surface area contributed by atoms with Crippen molar-refractivity contribution in [1.29, 1.82) is 0 Å². The van der Waals surface area contributed by atoms with E-state index in [2.05, 4.69) is 57.4 Å². The number of benzene rings is 1. The Morgan fingerprint density at radius 2 is 1.70 bits per heavy atom. The first-order valence-electron chi connectivity index (χ1n) is 8.04. The molecule has 0 aliphatic heterocycles. The van der Waals surface area contributed by atoms with Gasteiger partial charge in [0.1, 0.15) is 0 Å². The van der Waals surface area contributed by atoms with Gasteiger partial charge in [-0.2, -0.15) is 0 Å². The maximum Gasteiger partial charge on any atom is 0.0346 e. The fourth-order valence-corrected chi connectivity index (χ4v) is 4.56. The maximum absolute atomic E-state index is 3.57. The summed E-state index contributed by atoms with van der Waals surface area (Å²) < 4.78 is 0. The molecule has 2 heteroatoms. The van der Waals surface area contributed by atoms with Crippen molar-refractivity contribution in [2.45, 2.75) is 51.0 Å². The van der Waals surface area contributed by atoms with Crippen LogP contribution in [-0.2, 0) is 0 Å². The quantitative estimate of drug-likeness (QED) is 0.755. The van der Waals surface area contributed by atoms with E-state index in [0.717, 1.165) is 23.5 Å². The Kier molecular flexibility index (Phi) is 5.98. The van der Waals surface area contributed by atoms with Crippen LogP contribution in [0.3, 0.4) is 0 Å². The number of hydrogen-bond acceptors (Lipinski definition) is 2. The average molecular weight is 292 g/mol. The maximum atomic E-state index is 3.57. The summed E-state index contributed by atoms with van der Waals surface area (Å²) in [4.78, 5) is 1.39. The molecule has 1 aliphatic rings. The van der Waals surface area contributed by atoms with E-state index >= 15 is 0 Å². The van der Waals surface area contributed by atoms with Gasteiger partial charge in [-0.3, -0.25) is 0 Å². The highest BCUT2D eigenvalue weighted by Crippen LogP contribution is 2.39. The van der Waals surface area contributed by atoms with Crippen LogP contribution in [0.25, 0.3) is 0 Å². The minimum atomic E-state index is 0.515. The van der Waals surface area contributed by atoms with Crippen molar-refractivity contribution in [3.63, 3.8) is 0 Å². The summed E-state index contributed by atoms with van der Waals surface area (Å²) in [5.41, 5.74) is 1.46. The van der Waals surface area contributed by atoms with Crippen molar-refractivity contribution >= 4 is 11.8 Å². The average Bonchev–Trinajstić information content (AvgIpc) is 2.41. The highest BCUT2D eigenvalue weighted by Gasteiger charge is 2.30. The molecule has 0 aromatic heterocycles. The summed E-state index contributed by atoms with van der Waals surface area (Å²) in [5, 5.41) is 3.57. The Morgan fingerprint density at radius 3 is 2.20 bits per heavy atom. The second-order valence-electron chi connectivity index (χ2n) is 6.45. The molecule has 1 nitrogen and oxygen atoms in total. The molecule has 1 aromatic carbocycles. The van der Waals surface area contributed by atoms with Crippen molar-refractivity contribution in [3.05, 3.63) is 29.8 Å². The Morgan fingerprint density at radius 1 is 1.10 bits per heavy atom. The van der Waals surface area contributed by atoms with Gasteiger partial charge in [0.15, 0.2) is 0 Å². The van der Waals surface area contributed by atoms with Gasteiger partial charge in [-0.05, 0) is 67.5 Å². The lowest BCUT2D eigenvalue weighted by Gasteiger charge is -2.36. The van der Waals surface area contributed by atoms with Crippen molar-refractivity contribution < 1.29 is 0 Å². The van der Waals surface area contributed by atoms with Gasteiger partial charge < -0.3 is 5.32 Å². The van der Waals surface area contributed by atoms with E-state index in [1.165, 1.54) is 29.7 Å². The lowest BCUT2D eigenvalue weighted by Crippen LogP contribution is -2.31. The molecule has 0 saturated heterocycles. The van der Waals surface area contributed by atoms with Gasteiger partial charge in [0.05, 0.1) is 0 Å². The number of rotatable bonds is 5. The molecule has 0 radical (unpaired) electrons. The van der Waals surface area contributed by atoms with Crippen molar-refractivity contribution in [1.82, 2.24) is 5.32 Å². The van der Waals surface area contributed by atoms with Crippen LogP contribution < -0.4 is 5.32 Å². The van der Waals surface area contributed by atoms with E-state index in [1.54, 1.807) is 0 Å². The third-order valence-corrected chi connectivity index (χ3v) is 5.44. The van der Waals surface area contributed by atoms with Crippen LogP contribution in [0.4, 0.5) is 0 Å². The highest BCUT2D eigenvalue weighted by molar-refractivity contribution is 7.99. The van der Waals surface area contributed by atoms with Crippen molar-refractivity contribution in [2.24, 2.45) is 17.8 Å². The van der Waals surface area contributed by atoms with Crippen LogP contribution in [-0.4, -0.2) is 12.8 Å². The minimum Gasteiger partial charge on any atom is -0.313 e. The van der Waals surface area contributed by atoms with Crippen molar-refractivity contribution in [3.8, 4) is 0 Å². The first kappa shape index (κ1) is 15.9. The normalized spacial score (nSPS) is 28.3. The second kappa shape index (κ2) is 7.51. The van der Waals surface area contributed by atoms with Gasteiger partial charge in [-0.15, -0.1) is 11.8 Å². The summed E-state index contributed by atoms with van der Waals surface area (Å²) in [6.07, 6.45) is 4.13. The zero-order valence-electron chi connectivity index (χ0n) is 13.4. The Bertz CT molecular complexity index is 390. The third-order valence-electron chi connectivity index (χ3n) is 4.55. The van der Waals surface area contributed by atoms with Crippen LogP contribution in [0.1, 0.15) is 51.6 Å². The molecule has 0 bridgehead atoms. The SMILES string of the molecule is CCSc1ccc(C(NC)C2CC(C)CC(C)C2)cc1. The largest absolute Gasteiger partial charge is 0.313 e. The topological polar surface area (TPSA) is 12.0 Å². The summed E-state index contributed by atoms with van der Waals surface area (Å²) >= 11 is 1.92. The Labute approximate surface area is 128 Å². The first-order chi connectivity index (χ1) is 9.63. The predicted octanol–water partition coefficient (Wildman–Crippen LogP) is 5.13. The lowest BCUT2D eigenvalue weighted by molar-refractivity contribution is 0.180. The molecule has 20 heavy (non-hydrogen) atoms. The molecule has 3 unspecified atom stereocenters. The van der Waals surface area contributed by atoms with Gasteiger partial charge in [0.2, 0.25) is 0 Å². The van der Waals surface area contributed by atoms with E-state index in [4.69, 9.17) is 0 Å². The molecular formula is C18H29NS. The van der Waals surface area contributed by atoms with Crippen molar-refractivity contribution in [2.75, 3.05) is 12.8 Å². The highest BCUT2D eigenvalue weighted by atomic mass is 32.2. The van der Waals surface area contributed by atoms with E-state index in [9.17, 15) is 0 Å². The molecule has 1 aromatic rings. The molecule has 3 atom stereocenters. The number of nitrogens with one attached hydrogen (secondary N) is 1. The van der Waals surface area contributed by atoms with Crippen LogP contribution in [0.15, 0.2) is 29.2 Å². The molecule has 2 rings (SSSR count). The van der Waals surface area contributed by atoms with Crippen LogP contribution >= 0.6 is 11.8 Å². The van der Waals surface area contributed by atoms with Crippen LogP contribution in [0, 0.1) is 17.8 Å². The van der Waals surface area contributed by atoms with Gasteiger partial charge in [-0.25, -0.2) is 0 Å². The molecule has 1 saturated carbocycles. The molecule has 0 spiro atoms. The smallest absolute Gasteiger partial charge is 0.0346 e. The summed E-state index contributed by atoms with van der Waals surface area (Å²) in [7, 11) is 2.11. The van der Waals surface area contributed by atoms with E-state index < -0.39 is 0 Å². The third kappa shape index (κ3) is 4.02.